The fraction of sp³-hybridized carbons (Fsp3) is 0.143. The zero-order valence-electron chi connectivity index (χ0n) is 33.8. The van der Waals surface area contributed by atoms with Gasteiger partial charge in [0.25, 0.3) is 0 Å². The molecule has 2 nitrogen and oxygen atoms in total. The van der Waals surface area contributed by atoms with E-state index in [1.165, 1.54) is 76.8 Å². The molecule has 0 saturated carbocycles. The number of fused-ring (bicyclic) bond motifs is 8. The second-order valence-electron chi connectivity index (χ2n) is 18.0. The third-order valence-electron chi connectivity index (χ3n) is 12.4. The lowest BCUT2D eigenvalue weighted by molar-refractivity contribution is 0.590. The maximum Gasteiger partial charge on any atom is 0.0991 e. The average Bonchev–Trinajstić information content (AvgIpc) is 3.55. The van der Waals surface area contributed by atoms with Crippen LogP contribution in [0.3, 0.4) is 0 Å². The van der Waals surface area contributed by atoms with Gasteiger partial charge in [0, 0.05) is 0 Å². The molecular weight excluding hydrogens is 701 g/mol. The van der Waals surface area contributed by atoms with Crippen molar-refractivity contribution in [2.75, 3.05) is 0 Å². The van der Waals surface area contributed by atoms with E-state index >= 15 is 0 Å². The molecule has 0 unspecified atom stereocenters. The van der Waals surface area contributed by atoms with Crippen LogP contribution in [-0.4, -0.2) is 0 Å². The molecule has 2 heteroatoms. The highest BCUT2D eigenvalue weighted by molar-refractivity contribution is 6.27. The zero-order valence-corrected chi connectivity index (χ0v) is 33.8. The molecule has 0 radical (unpaired) electrons. The first kappa shape index (κ1) is 35.4. The van der Waals surface area contributed by atoms with Crippen LogP contribution >= 0.6 is 0 Å². The van der Waals surface area contributed by atoms with Gasteiger partial charge in [0.15, 0.2) is 0 Å². The summed E-state index contributed by atoms with van der Waals surface area (Å²) in [5, 5.41) is 29.0. The van der Waals surface area contributed by atoms with Crippen LogP contribution in [0.25, 0.3) is 98.7 Å². The Morgan fingerprint density at radius 3 is 1.33 bits per heavy atom. The molecule has 9 aromatic carbocycles. The SMILES string of the molecule is CC(C)(C)c1ccc(-c2cc3c4cc5c(cc4c(-c4ccc(C(C)(C)C)cc4)cc3c3ccc(C#N)cc23)-c2ccc(-c3ccc(C#N)cc3)c3cccc-5c23)cc1. The molecule has 0 saturated heterocycles. The first-order valence-corrected chi connectivity index (χ1v) is 20.1. The van der Waals surface area contributed by atoms with Gasteiger partial charge in [0.2, 0.25) is 0 Å². The van der Waals surface area contributed by atoms with E-state index in [0.29, 0.717) is 11.1 Å². The molecule has 10 rings (SSSR count). The molecule has 276 valence electrons. The van der Waals surface area contributed by atoms with Gasteiger partial charge in [-0.2, -0.15) is 10.5 Å². The number of nitriles is 2. The van der Waals surface area contributed by atoms with Gasteiger partial charge >= 0.3 is 0 Å². The third-order valence-corrected chi connectivity index (χ3v) is 12.4. The number of rotatable bonds is 3. The summed E-state index contributed by atoms with van der Waals surface area (Å²) in [6.07, 6.45) is 0. The monoisotopic (exact) mass is 742 g/mol. The number of hydrogen-bond donors (Lipinski definition) is 0. The van der Waals surface area contributed by atoms with Crippen molar-refractivity contribution in [3.05, 3.63) is 168 Å². The predicted molar refractivity (Wildman–Crippen MR) is 244 cm³/mol. The average molecular weight is 743 g/mol. The summed E-state index contributed by atoms with van der Waals surface area (Å²) in [5.74, 6) is 0. The van der Waals surface area contributed by atoms with Crippen LogP contribution in [0.4, 0.5) is 0 Å². The molecule has 58 heavy (non-hydrogen) atoms. The Hall–Kier alpha value is -7.00. The van der Waals surface area contributed by atoms with Gasteiger partial charge in [0.1, 0.15) is 0 Å². The van der Waals surface area contributed by atoms with Crippen molar-refractivity contribution >= 4 is 43.1 Å². The van der Waals surface area contributed by atoms with Crippen LogP contribution in [0.15, 0.2) is 146 Å². The molecule has 0 atom stereocenters. The zero-order chi connectivity index (χ0) is 40.1. The maximum absolute atomic E-state index is 10.1. The van der Waals surface area contributed by atoms with E-state index in [1.54, 1.807) is 0 Å². The molecule has 0 N–H and O–H groups in total. The Balaban J connectivity index is 1.29. The Morgan fingerprint density at radius 2 is 0.759 bits per heavy atom. The molecule has 9 aromatic rings. The molecule has 1 aliphatic carbocycles. The number of benzene rings is 9. The van der Waals surface area contributed by atoms with Gasteiger partial charge in [-0.05, 0) is 169 Å². The molecule has 0 heterocycles. The van der Waals surface area contributed by atoms with Gasteiger partial charge < -0.3 is 0 Å². The lowest BCUT2D eigenvalue weighted by atomic mass is 9.83. The van der Waals surface area contributed by atoms with Crippen LogP contribution in [0.2, 0.25) is 0 Å². The molecule has 1 aliphatic rings. The molecular formula is C56H42N2. The van der Waals surface area contributed by atoms with E-state index in [2.05, 4.69) is 181 Å². The summed E-state index contributed by atoms with van der Waals surface area (Å²) in [4.78, 5) is 0. The van der Waals surface area contributed by atoms with E-state index in [1.807, 2.05) is 18.2 Å². The Morgan fingerprint density at radius 1 is 0.328 bits per heavy atom. The van der Waals surface area contributed by atoms with Gasteiger partial charge in [-0.25, -0.2) is 0 Å². The molecule has 0 fully saturated rings. The van der Waals surface area contributed by atoms with E-state index < -0.39 is 0 Å². The minimum atomic E-state index is 0.0409. The standard InChI is InChI=1S/C56H42N2/c1-55(2,3)38-19-15-36(16-20-38)45-28-52-48(41-23-12-34(32-58)26-47(41)45)27-46(37-17-21-39(22-18-37)56(4,5)6)51-29-50-44-25-24-40(35-13-10-33(31-57)11-14-35)42-8-7-9-43(54(42)44)49(50)30-53(51)52/h7-30H,1-6H3. The highest BCUT2D eigenvalue weighted by atomic mass is 14.3. The molecule has 0 bridgehead atoms. The summed E-state index contributed by atoms with van der Waals surface area (Å²) >= 11 is 0. The summed E-state index contributed by atoms with van der Waals surface area (Å²) in [7, 11) is 0. The van der Waals surface area contributed by atoms with Crippen LogP contribution in [0.5, 0.6) is 0 Å². The minimum Gasteiger partial charge on any atom is -0.192 e. The topological polar surface area (TPSA) is 47.6 Å². The van der Waals surface area contributed by atoms with E-state index in [-0.39, 0.29) is 10.8 Å². The second kappa shape index (κ2) is 12.8. The van der Waals surface area contributed by atoms with Crippen molar-refractivity contribution in [1.82, 2.24) is 0 Å². The summed E-state index contributed by atoms with van der Waals surface area (Å²) in [5.41, 5.74) is 15.9. The van der Waals surface area contributed by atoms with Crippen molar-refractivity contribution < 1.29 is 0 Å². The fourth-order valence-corrected chi connectivity index (χ4v) is 9.22. The third kappa shape index (κ3) is 5.52. The lowest BCUT2D eigenvalue weighted by Crippen LogP contribution is -2.10. The van der Waals surface area contributed by atoms with Crippen LogP contribution in [-0.2, 0) is 10.8 Å². The summed E-state index contributed by atoms with van der Waals surface area (Å²) in [6.45, 7) is 13.5. The second-order valence-corrected chi connectivity index (χ2v) is 18.0. The fourth-order valence-electron chi connectivity index (χ4n) is 9.22. The largest absolute Gasteiger partial charge is 0.192 e. The van der Waals surface area contributed by atoms with Crippen molar-refractivity contribution in [2.45, 2.75) is 52.4 Å². The highest BCUT2D eigenvalue weighted by Gasteiger charge is 2.26. The smallest absolute Gasteiger partial charge is 0.0991 e. The van der Waals surface area contributed by atoms with E-state index in [4.69, 9.17) is 0 Å². The molecule has 0 aromatic heterocycles. The Kier molecular flexibility index (Phi) is 7.79. The first-order valence-electron chi connectivity index (χ1n) is 20.1. The first-order chi connectivity index (χ1) is 27.9. The van der Waals surface area contributed by atoms with Crippen LogP contribution in [0, 0.1) is 22.7 Å². The summed E-state index contributed by atoms with van der Waals surface area (Å²) in [6, 6.07) is 57.7. The van der Waals surface area contributed by atoms with Crippen molar-refractivity contribution in [2.24, 2.45) is 0 Å². The van der Waals surface area contributed by atoms with E-state index in [0.717, 1.165) is 33.0 Å². The van der Waals surface area contributed by atoms with Crippen molar-refractivity contribution in [1.29, 1.82) is 10.5 Å². The number of nitrogens with zero attached hydrogens (tertiary/aromatic N) is 2. The molecule has 0 spiro atoms. The predicted octanol–water partition coefficient (Wildman–Crippen LogP) is 15.3. The van der Waals surface area contributed by atoms with Gasteiger partial charge in [-0.15, -0.1) is 0 Å². The highest BCUT2D eigenvalue weighted by Crippen LogP contribution is 2.53. The normalized spacial score (nSPS) is 12.3. The van der Waals surface area contributed by atoms with Gasteiger partial charge in [0.05, 0.1) is 23.3 Å². The molecule has 0 amide bonds. The number of hydrogen-bond acceptors (Lipinski definition) is 2. The summed E-state index contributed by atoms with van der Waals surface area (Å²) < 4.78 is 0. The quantitative estimate of drug-likeness (QED) is 0.169. The maximum atomic E-state index is 10.1. The molecule has 0 aliphatic heterocycles. The van der Waals surface area contributed by atoms with Crippen LogP contribution < -0.4 is 0 Å². The van der Waals surface area contributed by atoms with Crippen molar-refractivity contribution in [3.8, 4) is 67.8 Å². The van der Waals surface area contributed by atoms with Gasteiger partial charge in [-0.3, -0.25) is 0 Å². The van der Waals surface area contributed by atoms with Crippen LogP contribution in [0.1, 0.15) is 63.8 Å². The Labute approximate surface area is 340 Å². The van der Waals surface area contributed by atoms with E-state index in [9.17, 15) is 10.5 Å². The van der Waals surface area contributed by atoms with Crippen molar-refractivity contribution in [3.63, 3.8) is 0 Å². The van der Waals surface area contributed by atoms with Gasteiger partial charge in [-0.1, -0.05) is 139 Å². The Bertz CT molecular complexity index is 3260. The minimum absolute atomic E-state index is 0.0409. The lowest BCUT2D eigenvalue weighted by Gasteiger charge is -2.21.